The standard InChI is InChI=1S/C24H24BrN5O2/c1-14(2)22-13-21(24-28-27-16(4)32-24)29-30(22)20-7-5-6-18(12-20)23(31)26-15(3)17-8-10-19(25)11-9-17/h5-15H,1-4H3,(H,26,31)/t15-/m1/s1. The molecule has 4 rings (SSSR count). The van der Waals surface area contributed by atoms with Gasteiger partial charge in [0.05, 0.1) is 11.7 Å². The van der Waals surface area contributed by atoms with Gasteiger partial charge < -0.3 is 9.73 Å². The van der Waals surface area contributed by atoms with E-state index in [9.17, 15) is 4.79 Å². The third-order valence-electron chi connectivity index (χ3n) is 5.14. The summed E-state index contributed by atoms with van der Waals surface area (Å²) in [6.45, 7) is 7.89. The second kappa shape index (κ2) is 9.08. The Morgan fingerprint density at radius 2 is 1.81 bits per heavy atom. The first-order valence-electron chi connectivity index (χ1n) is 10.4. The number of carbonyl (C=O) groups excluding carboxylic acids is 1. The van der Waals surface area contributed by atoms with Crippen molar-refractivity contribution in [3.8, 4) is 17.3 Å². The van der Waals surface area contributed by atoms with Crippen molar-refractivity contribution in [2.24, 2.45) is 0 Å². The number of aromatic nitrogens is 4. The molecule has 0 saturated heterocycles. The molecule has 1 atom stereocenters. The Morgan fingerprint density at radius 1 is 1.06 bits per heavy atom. The highest BCUT2D eigenvalue weighted by molar-refractivity contribution is 9.10. The third-order valence-corrected chi connectivity index (χ3v) is 5.67. The highest BCUT2D eigenvalue weighted by Gasteiger charge is 2.19. The van der Waals surface area contributed by atoms with E-state index >= 15 is 0 Å². The van der Waals surface area contributed by atoms with Crippen LogP contribution >= 0.6 is 15.9 Å². The number of aryl methyl sites for hydroxylation is 1. The number of hydrogen-bond donors (Lipinski definition) is 1. The smallest absolute Gasteiger partial charge is 0.268 e. The lowest BCUT2D eigenvalue weighted by Gasteiger charge is -2.15. The molecule has 0 unspecified atom stereocenters. The molecule has 1 amide bonds. The minimum Gasteiger partial charge on any atom is -0.420 e. The Morgan fingerprint density at radius 3 is 2.47 bits per heavy atom. The van der Waals surface area contributed by atoms with Crippen molar-refractivity contribution in [2.75, 3.05) is 0 Å². The van der Waals surface area contributed by atoms with E-state index in [0.717, 1.165) is 21.4 Å². The summed E-state index contributed by atoms with van der Waals surface area (Å²) in [4.78, 5) is 12.9. The topological polar surface area (TPSA) is 85.8 Å². The summed E-state index contributed by atoms with van der Waals surface area (Å²) in [5.41, 5.74) is 3.98. The van der Waals surface area contributed by atoms with Gasteiger partial charge in [-0.25, -0.2) is 4.68 Å². The zero-order valence-corrected chi connectivity index (χ0v) is 19.9. The molecule has 0 spiro atoms. The van der Waals surface area contributed by atoms with E-state index in [2.05, 4.69) is 50.4 Å². The lowest BCUT2D eigenvalue weighted by atomic mass is 10.1. The van der Waals surface area contributed by atoms with Crippen LogP contribution in [0.2, 0.25) is 0 Å². The molecule has 0 fully saturated rings. The van der Waals surface area contributed by atoms with Crippen molar-refractivity contribution in [1.82, 2.24) is 25.3 Å². The fraction of sp³-hybridized carbons (Fsp3) is 0.250. The average molecular weight is 494 g/mol. The van der Waals surface area contributed by atoms with Crippen molar-refractivity contribution in [1.29, 1.82) is 0 Å². The first kappa shape index (κ1) is 22.0. The van der Waals surface area contributed by atoms with Gasteiger partial charge in [-0.15, -0.1) is 10.2 Å². The normalized spacial score (nSPS) is 12.2. The Bertz CT molecular complexity index is 1240. The molecule has 32 heavy (non-hydrogen) atoms. The molecule has 0 radical (unpaired) electrons. The summed E-state index contributed by atoms with van der Waals surface area (Å²) in [5, 5.41) is 15.7. The SMILES string of the molecule is Cc1nnc(-c2cc(C(C)C)n(-c3cccc(C(=O)N[C@H](C)c4ccc(Br)cc4)c3)n2)o1. The van der Waals surface area contributed by atoms with Crippen LogP contribution in [0, 0.1) is 6.92 Å². The minimum absolute atomic E-state index is 0.123. The van der Waals surface area contributed by atoms with E-state index in [1.54, 1.807) is 13.0 Å². The van der Waals surface area contributed by atoms with Gasteiger partial charge in [0.2, 0.25) is 5.89 Å². The van der Waals surface area contributed by atoms with Crippen molar-refractivity contribution in [3.63, 3.8) is 0 Å². The lowest BCUT2D eigenvalue weighted by Crippen LogP contribution is -2.26. The summed E-state index contributed by atoms with van der Waals surface area (Å²) in [6.07, 6.45) is 0. The van der Waals surface area contributed by atoms with Gasteiger partial charge in [0.25, 0.3) is 11.8 Å². The second-order valence-corrected chi connectivity index (χ2v) is 8.86. The van der Waals surface area contributed by atoms with Crippen molar-refractivity contribution in [2.45, 2.75) is 39.7 Å². The Kier molecular flexibility index (Phi) is 6.23. The predicted octanol–water partition coefficient (Wildman–Crippen LogP) is 5.61. The zero-order chi connectivity index (χ0) is 22.8. The van der Waals surface area contributed by atoms with Crippen molar-refractivity contribution < 1.29 is 9.21 Å². The van der Waals surface area contributed by atoms with E-state index in [0.29, 0.717) is 23.0 Å². The van der Waals surface area contributed by atoms with Crippen LogP contribution in [0.5, 0.6) is 0 Å². The number of benzene rings is 2. The lowest BCUT2D eigenvalue weighted by molar-refractivity contribution is 0.0940. The molecule has 0 bridgehead atoms. The number of halogens is 1. The fourth-order valence-electron chi connectivity index (χ4n) is 3.41. The molecule has 0 aliphatic heterocycles. The Hall–Kier alpha value is -3.26. The van der Waals surface area contributed by atoms with Gasteiger partial charge in [0, 0.05) is 22.7 Å². The summed E-state index contributed by atoms with van der Waals surface area (Å²) < 4.78 is 8.37. The monoisotopic (exact) mass is 493 g/mol. The van der Waals surface area contributed by atoms with Gasteiger partial charge in [-0.2, -0.15) is 5.10 Å². The summed E-state index contributed by atoms with van der Waals surface area (Å²) in [7, 11) is 0. The number of carbonyl (C=O) groups is 1. The van der Waals surface area contributed by atoms with Crippen LogP contribution in [0.1, 0.15) is 60.2 Å². The van der Waals surface area contributed by atoms with Crippen LogP contribution in [-0.4, -0.2) is 25.9 Å². The molecule has 7 nitrogen and oxygen atoms in total. The van der Waals surface area contributed by atoms with Crippen molar-refractivity contribution in [3.05, 3.63) is 81.8 Å². The number of nitrogens with zero attached hydrogens (tertiary/aromatic N) is 4. The van der Waals surface area contributed by atoms with E-state index < -0.39 is 0 Å². The van der Waals surface area contributed by atoms with Crippen LogP contribution in [0.3, 0.4) is 0 Å². The maximum atomic E-state index is 12.9. The van der Waals surface area contributed by atoms with Gasteiger partial charge in [-0.05, 0) is 54.8 Å². The van der Waals surface area contributed by atoms with E-state index in [4.69, 9.17) is 4.42 Å². The summed E-state index contributed by atoms with van der Waals surface area (Å²) >= 11 is 3.44. The van der Waals surface area contributed by atoms with Crippen LogP contribution in [0.4, 0.5) is 0 Å². The molecule has 164 valence electrons. The predicted molar refractivity (Wildman–Crippen MR) is 126 cm³/mol. The number of nitrogens with one attached hydrogen (secondary N) is 1. The van der Waals surface area contributed by atoms with Crippen LogP contribution in [0.15, 0.2) is 63.5 Å². The molecule has 4 aromatic rings. The number of rotatable bonds is 6. The largest absolute Gasteiger partial charge is 0.420 e. The fourth-order valence-corrected chi connectivity index (χ4v) is 3.68. The van der Waals surface area contributed by atoms with Crippen LogP contribution < -0.4 is 5.32 Å². The minimum atomic E-state index is -0.145. The molecular weight excluding hydrogens is 470 g/mol. The maximum Gasteiger partial charge on any atom is 0.268 e. The highest BCUT2D eigenvalue weighted by atomic mass is 79.9. The van der Waals surface area contributed by atoms with Crippen LogP contribution in [-0.2, 0) is 0 Å². The quantitative estimate of drug-likeness (QED) is 0.377. The molecule has 0 aliphatic rings. The van der Waals surface area contributed by atoms with Gasteiger partial charge in [-0.3, -0.25) is 4.79 Å². The molecular formula is C24H24BrN5O2. The van der Waals surface area contributed by atoms with E-state index in [-0.39, 0.29) is 17.9 Å². The summed E-state index contributed by atoms with van der Waals surface area (Å²) in [6, 6.07) is 17.2. The van der Waals surface area contributed by atoms with E-state index in [1.807, 2.05) is 60.1 Å². The second-order valence-electron chi connectivity index (χ2n) is 7.94. The van der Waals surface area contributed by atoms with Crippen LogP contribution in [0.25, 0.3) is 17.3 Å². The van der Waals surface area contributed by atoms with Gasteiger partial charge >= 0.3 is 0 Å². The summed E-state index contributed by atoms with van der Waals surface area (Å²) in [5.74, 6) is 0.919. The van der Waals surface area contributed by atoms with Gasteiger partial charge in [0.1, 0.15) is 5.69 Å². The van der Waals surface area contributed by atoms with Crippen molar-refractivity contribution >= 4 is 21.8 Å². The maximum absolute atomic E-state index is 12.9. The molecule has 2 aromatic carbocycles. The molecule has 0 aliphatic carbocycles. The molecule has 1 N–H and O–H groups in total. The number of amides is 1. The molecule has 0 saturated carbocycles. The zero-order valence-electron chi connectivity index (χ0n) is 18.3. The molecule has 2 aromatic heterocycles. The molecule has 2 heterocycles. The Balaban J connectivity index is 1.61. The Labute approximate surface area is 195 Å². The first-order valence-corrected chi connectivity index (χ1v) is 11.2. The third kappa shape index (κ3) is 4.65. The van der Waals surface area contributed by atoms with Gasteiger partial charge in [0.15, 0.2) is 0 Å². The average Bonchev–Trinajstić information content (AvgIpc) is 3.41. The van der Waals surface area contributed by atoms with E-state index in [1.165, 1.54) is 0 Å². The first-order chi connectivity index (χ1) is 15.3. The van der Waals surface area contributed by atoms with Gasteiger partial charge in [-0.1, -0.05) is 48.0 Å². The number of hydrogen-bond acceptors (Lipinski definition) is 5. The molecule has 8 heteroatoms. The highest BCUT2D eigenvalue weighted by Crippen LogP contribution is 2.26.